The van der Waals surface area contributed by atoms with Crippen molar-refractivity contribution in [1.82, 2.24) is 24.4 Å². The monoisotopic (exact) mass is 485 g/mol. The van der Waals surface area contributed by atoms with Crippen LogP contribution in [0.25, 0.3) is 10.9 Å². The molecule has 0 bridgehead atoms. The molecule has 0 aromatic carbocycles. The summed E-state index contributed by atoms with van der Waals surface area (Å²) in [7, 11) is 3.27. The van der Waals surface area contributed by atoms with Crippen molar-refractivity contribution >= 4 is 28.4 Å². The van der Waals surface area contributed by atoms with E-state index in [2.05, 4.69) is 25.2 Å². The van der Waals surface area contributed by atoms with Crippen LogP contribution in [-0.2, 0) is 20.0 Å². The molecular formula is C24H29F2N7O2. The van der Waals surface area contributed by atoms with Gasteiger partial charge in [-0.2, -0.15) is 0 Å². The molecule has 5 heterocycles. The number of nitrogens with one attached hydrogen (secondary N) is 1. The number of aromatic nitrogens is 4. The van der Waals surface area contributed by atoms with Crippen LogP contribution in [0.15, 0.2) is 29.3 Å². The van der Waals surface area contributed by atoms with Gasteiger partial charge < -0.3 is 19.9 Å². The van der Waals surface area contributed by atoms with E-state index in [1.54, 1.807) is 37.5 Å². The van der Waals surface area contributed by atoms with E-state index in [0.717, 1.165) is 36.8 Å². The number of pyridine rings is 2. The number of halogens is 2. The summed E-state index contributed by atoms with van der Waals surface area (Å²) in [5, 5.41) is 13.7. The minimum absolute atomic E-state index is 0.0183. The lowest BCUT2D eigenvalue weighted by molar-refractivity contribution is 0.0269. The number of aliphatic hydroxyl groups is 1. The molecule has 0 radical (unpaired) electrons. The van der Waals surface area contributed by atoms with Crippen LogP contribution in [0.5, 0.6) is 0 Å². The Labute approximate surface area is 201 Å². The van der Waals surface area contributed by atoms with E-state index in [4.69, 9.17) is 0 Å². The zero-order valence-corrected chi connectivity index (χ0v) is 19.8. The van der Waals surface area contributed by atoms with Gasteiger partial charge in [0.15, 0.2) is 5.82 Å². The maximum Gasteiger partial charge on any atom is 0.274 e. The van der Waals surface area contributed by atoms with Crippen LogP contribution in [0.2, 0.25) is 0 Å². The van der Waals surface area contributed by atoms with E-state index in [0.29, 0.717) is 23.6 Å². The van der Waals surface area contributed by atoms with Crippen molar-refractivity contribution in [2.75, 3.05) is 30.4 Å². The van der Waals surface area contributed by atoms with Crippen molar-refractivity contribution in [3.05, 3.63) is 46.1 Å². The zero-order chi connectivity index (χ0) is 24.7. The van der Waals surface area contributed by atoms with Crippen LogP contribution in [-0.4, -0.2) is 68.2 Å². The maximum absolute atomic E-state index is 13.4. The summed E-state index contributed by atoms with van der Waals surface area (Å²) in [5.74, 6) is 0.931. The predicted molar refractivity (Wildman–Crippen MR) is 129 cm³/mol. The number of hydrogen-bond acceptors (Lipinski definition) is 8. The van der Waals surface area contributed by atoms with Crippen molar-refractivity contribution in [1.29, 1.82) is 0 Å². The molecule has 0 aliphatic carbocycles. The first-order chi connectivity index (χ1) is 16.9. The second-order valence-corrected chi connectivity index (χ2v) is 9.33. The minimum atomic E-state index is -2.49. The molecule has 0 saturated carbocycles. The molecule has 1 fully saturated rings. The minimum Gasteiger partial charge on any atom is -0.394 e. The first kappa shape index (κ1) is 23.6. The van der Waals surface area contributed by atoms with Gasteiger partial charge >= 0.3 is 0 Å². The van der Waals surface area contributed by atoms with Gasteiger partial charge in [0, 0.05) is 50.0 Å². The molecule has 35 heavy (non-hydrogen) atoms. The molecular weight excluding hydrogens is 456 g/mol. The summed E-state index contributed by atoms with van der Waals surface area (Å²) in [6.45, 7) is 1.14. The lowest BCUT2D eigenvalue weighted by Crippen LogP contribution is -2.44. The SMILES string of the molecule is CN1Cc2cc(Nc3ncc4ccnc(N5CCCCC5CO)c4n3)c(=O)n(C)c2CC1C(F)F. The molecule has 0 amide bonds. The highest BCUT2D eigenvalue weighted by Crippen LogP contribution is 2.30. The molecule has 2 aliphatic heterocycles. The molecule has 5 rings (SSSR count). The van der Waals surface area contributed by atoms with Gasteiger partial charge in [0.1, 0.15) is 11.2 Å². The second-order valence-electron chi connectivity index (χ2n) is 9.33. The number of aliphatic hydroxyl groups excluding tert-OH is 1. The Hall–Kier alpha value is -3.18. The zero-order valence-electron chi connectivity index (χ0n) is 19.8. The fraction of sp³-hybridized carbons (Fsp3) is 0.500. The van der Waals surface area contributed by atoms with E-state index in [9.17, 15) is 18.7 Å². The van der Waals surface area contributed by atoms with Crippen LogP contribution in [0.1, 0.15) is 30.5 Å². The topological polar surface area (TPSA) is 99.4 Å². The van der Waals surface area contributed by atoms with Crippen LogP contribution in [0, 0.1) is 0 Å². The standard InChI is InChI=1S/C24H29F2N7O2/c1-31-12-15-9-17(23(35)32(2)18(15)10-19(31)21(25)26)29-24-28-11-14-6-7-27-22(20(14)30-24)33-8-4-3-5-16(33)13-34/h6-7,9,11,16,19,21,34H,3-5,8,10,12-13H2,1-2H3,(H,28,29,30). The number of alkyl halides is 2. The van der Waals surface area contributed by atoms with Crippen molar-refractivity contribution in [3.8, 4) is 0 Å². The van der Waals surface area contributed by atoms with Crippen LogP contribution in [0.4, 0.5) is 26.2 Å². The van der Waals surface area contributed by atoms with Gasteiger partial charge in [0.2, 0.25) is 5.95 Å². The number of rotatable bonds is 5. The van der Waals surface area contributed by atoms with E-state index in [-0.39, 0.29) is 36.3 Å². The molecule has 9 nitrogen and oxygen atoms in total. The lowest BCUT2D eigenvalue weighted by Gasteiger charge is -2.35. The average Bonchev–Trinajstić information content (AvgIpc) is 2.86. The van der Waals surface area contributed by atoms with Crippen molar-refractivity contribution in [2.24, 2.45) is 7.05 Å². The van der Waals surface area contributed by atoms with Gasteiger partial charge in [-0.15, -0.1) is 0 Å². The molecule has 2 unspecified atom stereocenters. The van der Waals surface area contributed by atoms with Crippen LogP contribution >= 0.6 is 0 Å². The quantitative estimate of drug-likeness (QED) is 0.569. The molecule has 11 heteroatoms. The van der Waals surface area contributed by atoms with Gasteiger partial charge in [-0.1, -0.05) is 0 Å². The van der Waals surface area contributed by atoms with Crippen molar-refractivity contribution in [2.45, 2.75) is 50.7 Å². The Kier molecular flexibility index (Phi) is 6.37. The highest BCUT2D eigenvalue weighted by molar-refractivity contribution is 5.89. The molecule has 1 saturated heterocycles. The summed E-state index contributed by atoms with van der Waals surface area (Å²) < 4.78 is 28.3. The van der Waals surface area contributed by atoms with E-state index in [1.807, 2.05) is 6.07 Å². The molecule has 2 aliphatic rings. The third-order valence-electron chi connectivity index (χ3n) is 7.14. The Morgan fingerprint density at radius 3 is 2.86 bits per heavy atom. The summed E-state index contributed by atoms with van der Waals surface area (Å²) in [6, 6.07) is 2.60. The molecule has 186 valence electrons. The first-order valence-corrected chi connectivity index (χ1v) is 11.8. The summed E-state index contributed by atoms with van der Waals surface area (Å²) in [5.41, 5.74) is 2.03. The van der Waals surface area contributed by atoms with E-state index < -0.39 is 12.5 Å². The molecule has 3 aromatic heterocycles. The largest absolute Gasteiger partial charge is 0.394 e. The van der Waals surface area contributed by atoms with Crippen LogP contribution < -0.4 is 15.8 Å². The predicted octanol–water partition coefficient (Wildman–Crippen LogP) is 2.44. The Morgan fingerprint density at radius 2 is 2.09 bits per heavy atom. The maximum atomic E-state index is 13.4. The Balaban J connectivity index is 1.50. The number of likely N-dealkylation sites (N-methyl/N-ethyl adjacent to an activating group) is 1. The second kappa shape index (κ2) is 9.46. The molecule has 3 aromatic rings. The Morgan fingerprint density at radius 1 is 1.26 bits per heavy atom. The number of fused-ring (bicyclic) bond motifs is 2. The van der Waals surface area contributed by atoms with E-state index in [1.165, 1.54) is 4.57 Å². The van der Waals surface area contributed by atoms with Gasteiger partial charge in [0.05, 0.1) is 18.7 Å². The first-order valence-electron chi connectivity index (χ1n) is 11.8. The highest BCUT2D eigenvalue weighted by Gasteiger charge is 2.32. The van der Waals surface area contributed by atoms with Gasteiger partial charge in [-0.25, -0.2) is 23.7 Å². The smallest absolute Gasteiger partial charge is 0.274 e. The Bertz CT molecular complexity index is 1300. The average molecular weight is 486 g/mol. The fourth-order valence-corrected chi connectivity index (χ4v) is 5.16. The number of hydrogen-bond donors (Lipinski definition) is 2. The van der Waals surface area contributed by atoms with Gasteiger partial charge in [-0.05, 0) is 44.0 Å². The molecule has 2 N–H and O–H groups in total. The normalized spacial score (nSPS) is 20.9. The summed E-state index contributed by atoms with van der Waals surface area (Å²) in [4.78, 5) is 30.4. The fourth-order valence-electron chi connectivity index (χ4n) is 5.16. The third-order valence-corrected chi connectivity index (χ3v) is 7.14. The van der Waals surface area contributed by atoms with Crippen LogP contribution in [0.3, 0.4) is 0 Å². The molecule has 2 atom stereocenters. The summed E-state index contributed by atoms with van der Waals surface area (Å²) >= 11 is 0. The van der Waals surface area contributed by atoms with Gasteiger partial charge in [-0.3, -0.25) is 9.69 Å². The number of nitrogens with zero attached hydrogens (tertiary/aromatic N) is 6. The highest BCUT2D eigenvalue weighted by atomic mass is 19.3. The van der Waals surface area contributed by atoms with E-state index >= 15 is 0 Å². The lowest BCUT2D eigenvalue weighted by atomic mass is 9.98. The van der Waals surface area contributed by atoms with Gasteiger partial charge in [0.25, 0.3) is 12.0 Å². The third kappa shape index (κ3) is 4.34. The number of piperidine rings is 1. The van der Waals surface area contributed by atoms with Crippen molar-refractivity contribution in [3.63, 3.8) is 0 Å². The summed E-state index contributed by atoms with van der Waals surface area (Å²) in [6.07, 6.45) is 3.97. The molecule has 0 spiro atoms. The van der Waals surface area contributed by atoms with Crippen molar-refractivity contribution < 1.29 is 13.9 Å². The number of anilines is 3.